The average molecular weight is 403 g/mol. The maximum absolute atomic E-state index is 12.8. The molecule has 1 fully saturated rings. The molecule has 7 heteroatoms. The van der Waals surface area contributed by atoms with E-state index in [9.17, 15) is 9.59 Å². The molecular weight excluding hydrogens is 378 g/mol. The van der Waals surface area contributed by atoms with Gasteiger partial charge in [-0.05, 0) is 30.5 Å². The van der Waals surface area contributed by atoms with E-state index in [-0.39, 0.29) is 17.9 Å². The number of amides is 3. The molecule has 0 saturated carbocycles. The zero-order valence-electron chi connectivity index (χ0n) is 16.7. The zero-order chi connectivity index (χ0) is 20.8. The molecule has 3 amide bonds. The van der Waals surface area contributed by atoms with Gasteiger partial charge in [0.25, 0.3) is 0 Å². The summed E-state index contributed by atoms with van der Waals surface area (Å²) in [5.74, 6) is 0.548. The number of rotatable bonds is 5. The minimum Gasteiger partial charge on any atom is -0.324 e. The molecule has 1 aliphatic heterocycles. The van der Waals surface area contributed by atoms with Gasteiger partial charge in [-0.3, -0.25) is 4.79 Å². The van der Waals surface area contributed by atoms with E-state index in [4.69, 9.17) is 0 Å². The van der Waals surface area contributed by atoms with E-state index in [0.717, 1.165) is 11.3 Å². The molecule has 2 heterocycles. The molecule has 0 bridgehead atoms. The first kappa shape index (κ1) is 19.7. The first-order valence-corrected chi connectivity index (χ1v) is 10.2. The first-order chi connectivity index (χ1) is 14.7. The van der Waals surface area contributed by atoms with Crippen molar-refractivity contribution in [2.45, 2.75) is 19.4 Å². The molecule has 154 valence electrons. The van der Waals surface area contributed by atoms with Crippen molar-refractivity contribution in [1.82, 2.24) is 14.7 Å². The SMILES string of the molecule is O=C(Nc1ccnn1Cc1ccccc1)C1CCN(C(=O)Nc2ccccc2)CC1. The summed E-state index contributed by atoms with van der Waals surface area (Å²) in [6, 6.07) is 21.1. The van der Waals surface area contributed by atoms with Gasteiger partial charge in [-0.25, -0.2) is 9.48 Å². The Bertz CT molecular complexity index is 979. The number of benzene rings is 2. The van der Waals surface area contributed by atoms with Gasteiger partial charge in [0.15, 0.2) is 0 Å². The molecule has 0 aliphatic carbocycles. The van der Waals surface area contributed by atoms with Gasteiger partial charge in [0, 0.05) is 30.8 Å². The number of anilines is 2. The van der Waals surface area contributed by atoms with Crippen LogP contribution in [0, 0.1) is 5.92 Å². The van der Waals surface area contributed by atoms with Gasteiger partial charge >= 0.3 is 6.03 Å². The Morgan fingerprint density at radius 3 is 2.27 bits per heavy atom. The quantitative estimate of drug-likeness (QED) is 0.680. The second kappa shape index (κ2) is 9.26. The van der Waals surface area contributed by atoms with Gasteiger partial charge in [-0.2, -0.15) is 5.10 Å². The molecule has 0 radical (unpaired) electrons. The van der Waals surface area contributed by atoms with E-state index in [1.165, 1.54) is 0 Å². The molecular formula is C23H25N5O2. The fourth-order valence-electron chi connectivity index (χ4n) is 3.62. The van der Waals surface area contributed by atoms with Crippen LogP contribution in [0.2, 0.25) is 0 Å². The number of nitrogens with one attached hydrogen (secondary N) is 2. The van der Waals surface area contributed by atoms with Crippen LogP contribution in [0.15, 0.2) is 72.9 Å². The van der Waals surface area contributed by atoms with Crippen LogP contribution in [0.3, 0.4) is 0 Å². The van der Waals surface area contributed by atoms with E-state index in [0.29, 0.717) is 38.3 Å². The molecule has 1 saturated heterocycles. The first-order valence-electron chi connectivity index (χ1n) is 10.2. The Morgan fingerprint density at radius 2 is 1.57 bits per heavy atom. The van der Waals surface area contributed by atoms with Crippen molar-refractivity contribution < 1.29 is 9.59 Å². The Hall–Kier alpha value is -3.61. The monoisotopic (exact) mass is 403 g/mol. The molecule has 2 aromatic carbocycles. The molecule has 2 N–H and O–H groups in total. The lowest BCUT2D eigenvalue weighted by Gasteiger charge is -2.31. The number of hydrogen-bond donors (Lipinski definition) is 2. The minimum absolute atomic E-state index is 0.0204. The molecule has 1 aliphatic rings. The van der Waals surface area contributed by atoms with E-state index in [1.54, 1.807) is 15.8 Å². The fraction of sp³-hybridized carbons (Fsp3) is 0.261. The second-order valence-electron chi connectivity index (χ2n) is 7.41. The summed E-state index contributed by atoms with van der Waals surface area (Å²) in [6.45, 7) is 1.71. The number of likely N-dealkylation sites (tertiary alicyclic amines) is 1. The van der Waals surface area contributed by atoms with E-state index >= 15 is 0 Å². The van der Waals surface area contributed by atoms with Gasteiger partial charge in [0.2, 0.25) is 5.91 Å². The smallest absolute Gasteiger partial charge is 0.321 e. The third kappa shape index (κ3) is 4.86. The Kier molecular flexibility index (Phi) is 6.08. The average Bonchev–Trinajstić information content (AvgIpc) is 3.21. The summed E-state index contributed by atoms with van der Waals surface area (Å²) < 4.78 is 1.79. The van der Waals surface area contributed by atoms with Crippen LogP contribution < -0.4 is 10.6 Å². The molecule has 1 aromatic heterocycles. The normalized spacial score (nSPS) is 14.3. The summed E-state index contributed by atoms with van der Waals surface area (Å²) in [5, 5.41) is 10.2. The number of carbonyl (C=O) groups is 2. The van der Waals surface area contributed by atoms with Crippen molar-refractivity contribution in [3.63, 3.8) is 0 Å². The molecule has 7 nitrogen and oxygen atoms in total. The molecule has 4 rings (SSSR count). The van der Waals surface area contributed by atoms with E-state index in [1.807, 2.05) is 66.7 Å². The van der Waals surface area contributed by atoms with Crippen LogP contribution >= 0.6 is 0 Å². The molecule has 3 aromatic rings. The van der Waals surface area contributed by atoms with Gasteiger partial charge in [0.05, 0.1) is 12.7 Å². The van der Waals surface area contributed by atoms with Gasteiger partial charge < -0.3 is 15.5 Å². The summed E-state index contributed by atoms with van der Waals surface area (Å²) >= 11 is 0. The number of para-hydroxylation sites is 1. The topological polar surface area (TPSA) is 79.3 Å². The number of urea groups is 1. The van der Waals surface area contributed by atoms with Crippen LogP contribution in [0.25, 0.3) is 0 Å². The summed E-state index contributed by atoms with van der Waals surface area (Å²) in [6.07, 6.45) is 2.97. The van der Waals surface area contributed by atoms with Crippen molar-refractivity contribution in [3.8, 4) is 0 Å². The minimum atomic E-state index is -0.124. The third-order valence-corrected chi connectivity index (χ3v) is 5.32. The van der Waals surface area contributed by atoms with Crippen LogP contribution in [0.4, 0.5) is 16.3 Å². The predicted molar refractivity (Wildman–Crippen MR) is 116 cm³/mol. The lowest BCUT2D eigenvalue weighted by molar-refractivity contribution is -0.121. The van der Waals surface area contributed by atoms with Crippen molar-refractivity contribution in [1.29, 1.82) is 0 Å². The molecule has 0 atom stereocenters. The molecule has 30 heavy (non-hydrogen) atoms. The zero-order valence-corrected chi connectivity index (χ0v) is 16.7. The highest BCUT2D eigenvalue weighted by Crippen LogP contribution is 2.21. The van der Waals surface area contributed by atoms with Crippen LogP contribution in [0.5, 0.6) is 0 Å². The molecule has 0 unspecified atom stereocenters. The number of piperidine rings is 1. The van der Waals surface area contributed by atoms with Crippen molar-refractivity contribution in [3.05, 3.63) is 78.5 Å². The van der Waals surface area contributed by atoms with Gasteiger partial charge in [0.1, 0.15) is 5.82 Å². The number of nitrogens with zero attached hydrogens (tertiary/aromatic N) is 3. The number of hydrogen-bond acceptors (Lipinski definition) is 3. The highest BCUT2D eigenvalue weighted by Gasteiger charge is 2.28. The highest BCUT2D eigenvalue weighted by atomic mass is 16.2. The summed E-state index contributed by atoms with van der Waals surface area (Å²) in [7, 11) is 0. The Morgan fingerprint density at radius 1 is 0.900 bits per heavy atom. The number of carbonyl (C=O) groups excluding carboxylic acids is 2. The maximum atomic E-state index is 12.8. The van der Waals surface area contributed by atoms with E-state index in [2.05, 4.69) is 15.7 Å². The van der Waals surface area contributed by atoms with Crippen molar-refractivity contribution >= 4 is 23.4 Å². The lowest BCUT2D eigenvalue weighted by Crippen LogP contribution is -2.43. The summed E-state index contributed by atoms with van der Waals surface area (Å²) in [5.41, 5.74) is 1.89. The van der Waals surface area contributed by atoms with Gasteiger partial charge in [-0.1, -0.05) is 48.5 Å². The van der Waals surface area contributed by atoms with Crippen molar-refractivity contribution in [2.75, 3.05) is 23.7 Å². The second-order valence-corrected chi connectivity index (χ2v) is 7.41. The lowest BCUT2D eigenvalue weighted by atomic mass is 9.96. The van der Waals surface area contributed by atoms with Crippen LogP contribution in [0.1, 0.15) is 18.4 Å². The fourth-order valence-corrected chi connectivity index (χ4v) is 3.62. The van der Waals surface area contributed by atoms with E-state index < -0.39 is 0 Å². The largest absolute Gasteiger partial charge is 0.324 e. The highest BCUT2D eigenvalue weighted by molar-refractivity contribution is 5.92. The summed E-state index contributed by atoms with van der Waals surface area (Å²) in [4.78, 5) is 26.9. The molecule has 0 spiro atoms. The standard InChI is InChI=1S/C23H25N5O2/c29-22(26-21-11-14-24-28(21)17-18-7-3-1-4-8-18)19-12-15-27(16-13-19)23(30)25-20-9-5-2-6-10-20/h1-11,14,19H,12-13,15-17H2,(H,25,30)(H,26,29). The van der Waals surface area contributed by atoms with Crippen LogP contribution in [-0.4, -0.2) is 39.7 Å². The van der Waals surface area contributed by atoms with Crippen molar-refractivity contribution in [2.24, 2.45) is 5.92 Å². The van der Waals surface area contributed by atoms with Gasteiger partial charge in [-0.15, -0.1) is 0 Å². The van der Waals surface area contributed by atoms with Crippen LogP contribution in [-0.2, 0) is 11.3 Å². The Labute approximate surface area is 175 Å². The maximum Gasteiger partial charge on any atom is 0.321 e. The third-order valence-electron chi connectivity index (χ3n) is 5.32. The Balaban J connectivity index is 1.29. The number of aromatic nitrogens is 2. The predicted octanol–water partition coefficient (Wildman–Crippen LogP) is 3.81.